The van der Waals surface area contributed by atoms with Gasteiger partial charge in [0.1, 0.15) is 59.1 Å². The number of rotatable bonds is 4. The Morgan fingerprint density at radius 3 is 1.38 bits per heavy atom. The number of alkyl halides is 6. The van der Waals surface area contributed by atoms with E-state index in [1.165, 1.54) is 12.1 Å². The van der Waals surface area contributed by atoms with Gasteiger partial charge in [0.2, 0.25) is 0 Å². The zero-order chi connectivity index (χ0) is 35.0. The van der Waals surface area contributed by atoms with Crippen LogP contribution in [-0.2, 0) is 0 Å². The summed E-state index contributed by atoms with van der Waals surface area (Å²) in [6.45, 7) is 0. The van der Waals surface area contributed by atoms with E-state index in [9.17, 15) is 57.9 Å². The van der Waals surface area contributed by atoms with Gasteiger partial charge in [-0.25, -0.2) is 0 Å². The molecule has 2 aromatic carbocycles. The number of nitrogens with zero attached hydrogens (tertiary/aromatic N) is 7. The van der Waals surface area contributed by atoms with Crippen LogP contribution >= 0.6 is 0 Å². The first-order valence-electron chi connectivity index (χ1n) is 12.9. The van der Waals surface area contributed by atoms with E-state index in [1.807, 2.05) is 12.1 Å². The van der Waals surface area contributed by atoms with Crippen molar-refractivity contribution in [3.05, 3.63) is 99.4 Å². The number of hydrogen-bond acceptors (Lipinski definition) is 9. The van der Waals surface area contributed by atoms with E-state index in [1.54, 1.807) is 24.3 Å². The molecule has 0 aliphatic heterocycles. The third-order valence-corrected chi connectivity index (χ3v) is 7.01. The average Bonchev–Trinajstić information content (AvgIpc) is 3.53. The second-order valence-electron chi connectivity index (χ2n) is 9.61. The van der Waals surface area contributed by atoms with Crippen LogP contribution in [0.3, 0.4) is 0 Å². The number of hydrogen-bond donors (Lipinski definition) is 0. The van der Waals surface area contributed by atoms with Crippen molar-refractivity contribution in [1.29, 1.82) is 31.6 Å². The summed E-state index contributed by atoms with van der Waals surface area (Å²) in [5, 5.41) is 58.9. The molecule has 0 saturated heterocycles. The molecule has 0 fully saturated rings. The highest BCUT2D eigenvalue weighted by Crippen LogP contribution is 2.51. The summed E-state index contributed by atoms with van der Waals surface area (Å²) in [6, 6.07) is 19.3. The summed E-state index contributed by atoms with van der Waals surface area (Å²) in [5.74, 6) is -1.33. The van der Waals surface area contributed by atoms with Crippen LogP contribution in [0.4, 0.5) is 26.3 Å². The van der Waals surface area contributed by atoms with Gasteiger partial charge in [0.15, 0.2) is 0 Å². The first-order chi connectivity index (χ1) is 22.8. The lowest BCUT2D eigenvalue weighted by Crippen LogP contribution is -2.17. The number of fused-ring (bicyclic) bond motifs is 2. The quantitative estimate of drug-likeness (QED) is 0.206. The monoisotopic (exact) mass is 649 g/mol. The average molecular weight is 649 g/mol. The van der Waals surface area contributed by atoms with Crippen molar-refractivity contribution in [2.75, 3.05) is 0 Å². The highest BCUT2D eigenvalue weighted by Gasteiger charge is 2.37. The smallest absolute Gasteiger partial charge is 0.406 e. The second-order valence-corrected chi connectivity index (χ2v) is 9.61. The van der Waals surface area contributed by atoms with Gasteiger partial charge in [-0.3, -0.25) is 4.98 Å². The van der Waals surface area contributed by atoms with Crippen LogP contribution in [-0.4, -0.2) is 17.7 Å². The molecule has 0 saturated carbocycles. The van der Waals surface area contributed by atoms with E-state index in [0.717, 1.165) is 42.6 Å². The third-order valence-electron chi connectivity index (χ3n) is 7.01. The topological polar surface area (TPSA) is 174 Å². The number of aromatic nitrogens is 1. The van der Waals surface area contributed by atoms with Crippen LogP contribution in [0.5, 0.6) is 11.5 Å². The van der Waals surface area contributed by atoms with Crippen molar-refractivity contribution in [2.45, 2.75) is 12.7 Å². The van der Waals surface area contributed by atoms with Gasteiger partial charge in [-0.05, 0) is 53.6 Å². The molecule has 230 valence electrons. The highest BCUT2D eigenvalue weighted by atomic mass is 19.4. The predicted octanol–water partition coefficient (Wildman–Crippen LogP) is 7.38. The van der Waals surface area contributed by atoms with E-state index in [0.29, 0.717) is 0 Å². The fourth-order valence-corrected chi connectivity index (χ4v) is 5.34. The molecule has 3 aromatic rings. The normalized spacial score (nSPS) is 13.2. The Labute approximate surface area is 265 Å². The minimum absolute atomic E-state index is 0.0301. The van der Waals surface area contributed by atoms with Gasteiger partial charge < -0.3 is 9.47 Å². The Kier molecular flexibility index (Phi) is 7.94. The Morgan fingerprint density at radius 1 is 0.562 bits per heavy atom. The van der Waals surface area contributed by atoms with Gasteiger partial charge in [-0.1, -0.05) is 6.07 Å². The molecule has 48 heavy (non-hydrogen) atoms. The van der Waals surface area contributed by atoms with Crippen LogP contribution in [0.25, 0.3) is 33.4 Å². The second kappa shape index (κ2) is 11.9. The van der Waals surface area contributed by atoms with E-state index in [4.69, 9.17) is 0 Å². The maximum atomic E-state index is 12.9. The van der Waals surface area contributed by atoms with E-state index in [-0.39, 0.29) is 66.9 Å². The molecular formula is C33H9F6N7O2. The fraction of sp³-hybridized carbons (Fsp3) is 0.0606. The lowest BCUT2D eigenvalue weighted by Gasteiger charge is -2.12. The van der Waals surface area contributed by atoms with Gasteiger partial charge >= 0.3 is 12.7 Å². The molecular weight excluding hydrogens is 640 g/mol. The predicted molar refractivity (Wildman–Crippen MR) is 152 cm³/mol. The number of halogens is 6. The molecule has 0 unspecified atom stereocenters. The largest absolute Gasteiger partial charge is 0.573 e. The van der Waals surface area contributed by atoms with E-state index in [2.05, 4.69) is 14.5 Å². The summed E-state index contributed by atoms with van der Waals surface area (Å²) >= 11 is 0. The Balaban J connectivity index is 1.71. The third kappa shape index (κ3) is 5.64. The van der Waals surface area contributed by atoms with Crippen molar-refractivity contribution >= 4 is 33.4 Å². The Bertz CT molecular complexity index is 2130. The summed E-state index contributed by atoms with van der Waals surface area (Å²) in [7, 11) is 0. The summed E-state index contributed by atoms with van der Waals surface area (Å²) in [5.41, 5.74) is -1.59. The molecule has 15 heteroatoms. The molecule has 1 aromatic heterocycles. The number of nitriles is 6. The van der Waals surface area contributed by atoms with Gasteiger partial charge in [0.05, 0.1) is 16.8 Å². The SMILES string of the molecule is N#CC(C#N)=C1C(c2ccc(C3=C(C#N)c4cc(OC(F)(F)F)ccc4C3=C(C#N)C#N)nc2)=C(C#N)c2cc(OC(F)(F)F)ccc21. The molecule has 2 aliphatic rings. The Morgan fingerprint density at radius 2 is 1.00 bits per heavy atom. The standard InChI is InChI=1S/C33H9F6N7O2/c34-32(35,36)47-19-2-4-21-23(7-19)25(13-44)28(29(21)17(9-40)10-41)16-1-6-27(46-15-16)31-26(14-45)24-8-20(48-33(37,38)39)3-5-22(24)30(31)18(11-42)12-43/h1-8,15H. The molecule has 9 nitrogen and oxygen atoms in total. The van der Waals surface area contributed by atoms with Gasteiger partial charge in [-0.2, -0.15) is 31.6 Å². The first kappa shape index (κ1) is 32.1. The van der Waals surface area contributed by atoms with Crippen LogP contribution < -0.4 is 9.47 Å². The molecule has 1 heterocycles. The zero-order valence-corrected chi connectivity index (χ0v) is 23.4. The molecule has 0 atom stereocenters. The molecule has 0 spiro atoms. The summed E-state index contributed by atoms with van der Waals surface area (Å²) in [6.07, 6.45) is -8.95. The molecule has 2 aliphatic carbocycles. The van der Waals surface area contributed by atoms with Crippen LogP contribution in [0.2, 0.25) is 0 Å². The van der Waals surface area contributed by atoms with Gasteiger partial charge in [-0.15, -0.1) is 26.3 Å². The van der Waals surface area contributed by atoms with Crippen molar-refractivity contribution in [3.8, 4) is 47.9 Å². The van der Waals surface area contributed by atoms with E-state index < -0.39 is 35.4 Å². The maximum Gasteiger partial charge on any atom is 0.573 e. The van der Waals surface area contributed by atoms with Crippen molar-refractivity contribution in [3.63, 3.8) is 0 Å². The minimum atomic E-state index is -5.05. The molecule has 0 bridgehead atoms. The molecule has 0 N–H and O–H groups in total. The molecule has 0 radical (unpaired) electrons. The van der Waals surface area contributed by atoms with Crippen LogP contribution in [0.15, 0.2) is 65.9 Å². The molecule has 0 amide bonds. The van der Waals surface area contributed by atoms with Crippen LogP contribution in [0, 0.1) is 68.0 Å². The lowest BCUT2D eigenvalue weighted by atomic mass is 9.92. The fourth-order valence-electron chi connectivity index (χ4n) is 5.34. The summed E-state index contributed by atoms with van der Waals surface area (Å²) < 4.78 is 85.5. The van der Waals surface area contributed by atoms with Crippen molar-refractivity contribution in [1.82, 2.24) is 4.98 Å². The van der Waals surface area contributed by atoms with E-state index >= 15 is 0 Å². The van der Waals surface area contributed by atoms with Crippen molar-refractivity contribution in [2.24, 2.45) is 0 Å². The maximum absolute atomic E-state index is 12.9. The van der Waals surface area contributed by atoms with Crippen molar-refractivity contribution < 1.29 is 35.8 Å². The number of ether oxygens (including phenoxy) is 2. The summed E-state index contributed by atoms with van der Waals surface area (Å²) in [4.78, 5) is 4.33. The minimum Gasteiger partial charge on any atom is -0.406 e. The highest BCUT2D eigenvalue weighted by molar-refractivity contribution is 6.27. The van der Waals surface area contributed by atoms with Gasteiger partial charge in [0, 0.05) is 45.2 Å². The zero-order valence-electron chi connectivity index (χ0n) is 23.4. The number of allylic oxidation sites excluding steroid dienone is 8. The lowest BCUT2D eigenvalue weighted by molar-refractivity contribution is -0.275. The first-order valence-corrected chi connectivity index (χ1v) is 12.9. The molecule has 5 rings (SSSR count). The van der Waals surface area contributed by atoms with Crippen LogP contribution in [0.1, 0.15) is 33.5 Å². The number of pyridine rings is 1. The Hall–Kier alpha value is -7.33. The number of benzene rings is 2. The van der Waals surface area contributed by atoms with Gasteiger partial charge in [0.25, 0.3) is 0 Å².